The van der Waals surface area contributed by atoms with Gasteiger partial charge >= 0.3 is 0 Å². The first-order chi connectivity index (χ1) is 5.81. The minimum Gasteiger partial charge on any atom is -0.267 e. The van der Waals surface area contributed by atoms with E-state index in [2.05, 4.69) is 26.0 Å². The number of hydrogen-bond donors (Lipinski definition) is 0. The van der Waals surface area contributed by atoms with E-state index >= 15 is 0 Å². The van der Waals surface area contributed by atoms with E-state index < -0.39 is 0 Å². The van der Waals surface area contributed by atoms with E-state index in [0.29, 0.717) is 10.3 Å². The lowest BCUT2D eigenvalue weighted by molar-refractivity contribution is 0.889. The van der Waals surface area contributed by atoms with E-state index in [1.807, 2.05) is 0 Å². The molecular formula is C6H4BrN3OS. The summed E-state index contributed by atoms with van der Waals surface area (Å²) in [6.07, 6.45) is 0. The zero-order valence-electron chi connectivity index (χ0n) is 5.90. The lowest BCUT2D eigenvalue weighted by Crippen LogP contribution is -2.14. The van der Waals surface area contributed by atoms with E-state index in [0.717, 1.165) is 5.69 Å². The molecule has 0 aromatic carbocycles. The van der Waals surface area contributed by atoms with Gasteiger partial charge in [0.15, 0.2) is 0 Å². The molecule has 12 heavy (non-hydrogen) atoms. The van der Waals surface area contributed by atoms with Crippen molar-refractivity contribution in [1.29, 1.82) is 0 Å². The molecule has 0 radical (unpaired) electrons. The quantitative estimate of drug-likeness (QED) is 0.706. The predicted molar refractivity (Wildman–Crippen MR) is 49.8 cm³/mol. The Kier molecular flexibility index (Phi) is 1.93. The highest BCUT2D eigenvalue weighted by Crippen LogP contribution is 2.05. The van der Waals surface area contributed by atoms with Crippen LogP contribution in [0.5, 0.6) is 0 Å². The van der Waals surface area contributed by atoms with E-state index in [-0.39, 0.29) is 5.56 Å². The van der Waals surface area contributed by atoms with Crippen molar-refractivity contribution in [3.8, 4) is 0 Å². The Morgan fingerprint density at radius 1 is 1.67 bits per heavy atom. The fourth-order valence-corrected chi connectivity index (χ4v) is 1.80. The molecule has 0 atom stereocenters. The largest absolute Gasteiger partial charge is 0.275 e. The Balaban J connectivity index is 2.84. The monoisotopic (exact) mass is 245 g/mol. The summed E-state index contributed by atoms with van der Waals surface area (Å²) in [5, 5.41) is 4.43. The number of rotatable bonds is 1. The second-order valence-corrected chi connectivity index (χ2v) is 3.52. The molecule has 2 aromatic heterocycles. The molecule has 0 aliphatic carbocycles. The van der Waals surface area contributed by atoms with Gasteiger partial charge in [0.05, 0.1) is 5.69 Å². The van der Waals surface area contributed by atoms with Crippen molar-refractivity contribution in [2.45, 2.75) is 5.33 Å². The maximum absolute atomic E-state index is 11.3. The van der Waals surface area contributed by atoms with Gasteiger partial charge in [-0.1, -0.05) is 27.3 Å². The van der Waals surface area contributed by atoms with Crippen molar-refractivity contribution < 1.29 is 0 Å². The Hall–Kier alpha value is -0.750. The maximum Gasteiger partial charge on any atom is 0.275 e. The summed E-state index contributed by atoms with van der Waals surface area (Å²) in [4.78, 5) is 16.1. The number of nitrogens with zero attached hydrogens (tertiary/aromatic N) is 3. The molecule has 0 amide bonds. The highest BCUT2D eigenvalue weighted by Gasteiger charge is 2.01. The average molecular weight is 246 g/mol. The normalized spacial score (nSPS) is 10.8. The third kappa shape index (κ3) is 1.16. The third-order valence-electron chi connectivity index (χ3n) is 1.38. The van der Waals surface area contributed by atoms with Crippen LogP contribution in [0.3, 0.4) is 0 Å². The summed E-state index contributed by atoms with van der Waals surface area (Å²) in [6.45, 7) is 0. The van der Waals surface area contributed by atoms with Gasteiger partial charge in [-0.2, -0.15) is 9.61 Å². The molecule has 62 valence electrons. The standard InChI is InChI=1S/C6H4BrN3OS/c7-2-4-1-5(11)10-6(9-4)12-3-8-10/h1,3H,2H2. The van der Waals surface area contributed by atoms with Crippen molar-refractivity contribution in [1.82, 2.24) is 14.6 Å². The van der Waals surface area contributed by atoms with Crippen LogP contribution in [0.15, 0.2) is 16.4 Å². The first-order valence-corrected chi connectivity index (χ1v) is 5.20. The molecule has 2 aromatic rings. The Labute approximate surface area is 80.0 Å². The van der Waals surface area contributed by atoms with Crippen molar-refractivity contribution in [2.24, 2.45) is 0 Å². The van der Waals surface area contributed by atoms with Crippen LogP contribution in [-0.2, 0) is 5.33 Å². The van der Waals surface area contributed by atoms with Gasteiger partial charge < -0.3 is 0 Å². The summed E-state index contributed by atoms with van der Waals surface area (Å²) in [6, 6.07) is 1.47. The second kappa shape index (κ2) is 2.95. The lowest BCUT2D eigenvalue weighted by atomic mass is 10.5. The number of fused-ring (bicyclic) bond motifs is 1. The predicted octanol–water partition coefficient (Wildman–Crippen LogP) is 1.05. The van der Waals surface area contributed by atoms with Crippen molar-refractivity contribution in [3.63, 3.8) is 0 Å². The second-order valence-electron chi connectivity index (χ2n) is 2.15. The average Bonchev–Trinajstić information content (AvgIpc) is 2.52. The summed E-state index contributed by atoms with van der Waals surface area (Å²) in [7, 11) is 0. The van der Waals surface area contributed by atoms with E-state index in [1.165, 1.54) is 21.9 Å². The zero-order valence-corrected chi connectivity index (χ0v) is 8.30. The Morgan fingerprint density at radius 3 is 3.25 bits per heavy atom. The van der Waals surface area contributed by atoms with Gasteiger partial charge in [-0.3, -0.25) is 4.79 Å². The third-order valence-corrected chi connectivity index (χ3v) is 2.63. The van der Waals surface area contributed by atoms with Crippen molar-refractivity contribution >= 4 is 32.2 Å². The highest BCUT2D eigenvalue weighted by molar-refractivity contribution is 9.08. The molecule has 0 N–H and O–H groups in total. The molecule has 0 saturated heterocycles. The van der Waals surface area contributed by atoms with Gasteiger partial charge in [0, 0.05) is 11.4 Å². The van der Waals surface area contributed by atoms with Gasteiger partial charge in [0.25, 0.3) is 5.56 Å². The summed E-state index contributed by atoms with van der Waals surface area (Å²) < 4.78 is 1.29. The van der Waals surface area contributed by atoms with E-state index in [4.69, 9.17) is 0 Å². The maximum atomic E-state index is 11.3. The van der Waals surface area contributed by atoms with E-state index in [1.54, 1.807) is 5.51 Å². The molecule has 2 heterocycles. The minimum atomic E-state index is -0.129. The number of aromatic nitrogens is 3. The van der Waals surface area contributed by atoms with Crippen LogP contribution >= 0.6 is 27.3 Å². The fraction of sp³-hybridized carbons (Fsp3) is 0.167. The topological polar surface area (TPSA) is 47.3 Å². The first kappa shape index (κ1) is 7.88. The SMILES string of the molecule is O=c1cc(CBr)nc2scnn12. The first-order valence-electron chi connectivity index (χ1n) is 3.19. The molecule has 0 aliphatic rings. The molecule has 0 bridgehead atoms. The highest BCUT2D eigenvalue weighted by atomic mass is 79.9. The molecular weight excluding hydrogens is 242 g/mol. The molecule has 0 fully saturated rings. The van der Waals surface area contributed by atoms with E-state index in [9.17, 15) is 4.79 Å². The summed E-state index contributed by atoms with van der Waals surface area (Å²) in [5.41, 5.74) is 2.21. The van der Waals surface area contributed by atoms with Crippen LogP contribution in [0.1, 0.15) is 5.69 Å². The van der Waals surface area contributed by atoms with Crippen molar-refractivity contribution in [2.75, 3.05) is 0 Å². The van der Waals surface area contributed by atoms with Crippen LogP contribution < -0.4 is 5.56 Å². The van der Waals surface area contributed by atoms with Gasteiger partial charge in [-0.05, 0) is 0 Å². The smallest absolute Gasteiger partial charge is 0.267 e. The molecule has 0 aliphatic heterocycles. The molecule has 4 nitrogen and oxygen atoms in total. The number of alkyl halides is 1. The molecule has 0 unspecified atom stereocenters. The lowest BCUT2D eigenvalue weighted by Gasteiger charge is -1.92. The molecule has 0 saturated carbocycles. The van der Waals surface area contributed by atoms with Gasteiger partial charge in [0.2, 0.25) is 4.96 Å². The van der Waals surface area contributed by atoms with Crippen LogP contribution in [0.2, 0.25) is 0 Å². The van der Waals surface area contributed by atoms with Crippen LogP contribution in [0, 0.1) is 0 Å². The van der Waals surface area contributed by atoms with Crippen LogP contribution in [0.4, 0.5) is 0 Å². The summed E-state index contributed by atoms with van der Waals surface area (Å²) >= 11 is 4.59. The van der Waals surface area contributed by atoms with Gasteiger partial charge in [-0.25, -0.2) is 4.98 Å². The molecule has 2 rings (SSSR count). The number of hydrogen-bond acceptors (Lipinski definition) is 4. The van der Waals surface area contributed by atoms with Crippen LogP contribution in [-0.4, -0.2) is 14.6 Å². The molecule has 0 spiro atoms. The van der Waals surface area contributed by atoms with Gasteiger partial charge in [-0.15, -0.1) is 0 Å². The number of halogens is 1. The minimum absolute atomic E-state index is 0.129. The Bertz CT molecular complexity index is 463. The zero-order chi connectivity index (χ0) is 8.55. The fourth-order valence-electron chi connectivity index (χ4n) is 0.869. The van der Waals surface area contributed by atoms with Crippen molar-refractivity contribution in [3.05, 3.63) is 27.6 Å². The molecule has 6 heteroatoms. The van der Waals surface area contributed by atoms with Gasteiger partial charge in [0.1, 0.15) is 5.51 Å². The summed E-state index contributed by atoms with van der Waals surface area (Å²) in [5.74, 6) is 0. The Morgan fingerprint density at radius 2 is 2.50 bits per heavy atom. The van der Waals surface area contributed by atoms with Crippen LogP contribution in [0.25, 0.3) is 4.96 Å².